The van der Waals surface area contributed by atoms with Crippen LogP contribution in [-0.2, 0) is 4.79 Å². The van der Waals surface area contributed by atoms with Crippen LogP contribution in [0.2, 0.25) is 0 Å². The first-order valence-corrected chi connectivity index (χ1v) is 5.45. The zero-order chi connectivity index (χ0) is 11.5. The van der Waals surface area contributed by atoms with Gasteiger partial charge in [-0.3, -0.25) is 4.79 Å². The number of carbonyl (C=O) groups is 1. The zero-order valence-corrected chi connectivity index (χ0v) is 9.26. The van der Waals surface area contributed by atoms with E-state index in [2.05, 4.69) is 9.97 Å². The van der Waals surface area contributed by atoms with Gasteiger partial charge in [0.25, 0.3) is 0 Å². The van der Waals surface area contributed by atoms with Crippen LogP contribution < -0.4 is 4.90 Å². The molecule has 2 heterocycles. The molecule has 0 radical (unpaired) electrons. The van der Waals surface area contributed by atoms with Crippen molar-refractivity contribution in [3.63, 3.8) is 0 Å². The van der Waals surface area contributed by atoms with E-state index >= 15 is 0 Å². The lowest BCUT2D eigenvalue weighted by atomic mass is 10.1. The SMILES string of the molecule is Cc1ccnc(N2CCCC2CC(=O)O)n1. The molecule has 0 bridgehead atoms. The van der Waals surface area contributed by atoms with Crippen molar-refractivity contribution in [3.05, 3.63) is 18.0 Å². The van der Waals surface area contributed by atoms with Gasteiger partial charge in [-0.1, -0.05) is 0 Å². The molecule has 0 aromatic carbocycles. The van der Waals surface area contributed by atoms with Gasteiger partial charge in [-0.2, -0.15) is 0 Å². The molecule has 0 saturated carbocycles. The number of rotatable bonds is 3. The molecule has 1 aliphatic heterocycles. The molecule has 1 aromatic heterocycles. The van der Waals surface area contributed by atoms with Crippen LogP contribution in [0.3, 0.4) is 0 Å². The Hall–Kier alpha value is -1.65. The molecule has 86 valence electrons. The Morgan fingerprint density at radius 3 is 3.19 bits per heavy atom. The Kier molecular flexibility index (Phi) is 3.03. The van der Waals surface area contributed by atoms with Gasteiger partial charge in [-0.25, -0.2) is 9.97 Å². The quantitative estimate of drug-likeness (QED) is 0.831. The maximum atomic E-state index is 10.7. The summed E-state index contributed by atoms with van der Waals surface area (Å²) in [7, 11) is 0. The van der Waals surface area contributed by atoms with Crippen LogP contribution in [-0.4, -0.2) is 33.6 Å². The predicted octanol–water partition coefficient (Wildman–Crippen LogP) is 1.23. The summed E-state index contributed by atoms with van der Waals surface area (Å²) >= 11 is 0. The van der Waals surface area contributed by atoms with Crippen molar-refractivity contribution in [1.29, 1.82) is 0 Å². The lowest BCUT2D eigenvalue weighted by Gasteiger charge is -2.23. The lowest BCUT2D eigenvalue weighted by Crippen LogP contribution is -2.32. The number of nitrogens with zero attached hydrogens (tertiary/aromatic N) is 3. The summed E-state index contributed by atoms with van der Waals surface area (Å²) in [4.78, 5) is 21.3. The molecule has 1 aliphatic rings. The minimum atomic E-state index is -0.760. The van der Waals surface area contributed by atoms with E-state index < -0.39 is 5.97 Å². The number of aliphatic carboxylic acids is 1. The fourth-order valence-electron chi connectivity index (χ4n) is 2.09. The summed E-state index contributed by atoms with van der Waals surface area (Å²) in [6, 6.07) is 1.88. The Balaban J connectivity index is 2.16. The van der Waals surface area contributed by atoms with E-state index in [9.17, 15) is 4.79 Å². The van der Waals surface area contributed by atoms with Crippen molar-refractivity contribution in [3.8, 4) is 0 Å². The highest BCUT2D eigenvalue weighted by Gasteiger charge is 2.28. The lowest BCUT2D eigenvalue weighted by molar-refractivity contribution is -0.137. The monoisotopic (exact) mass is 221 g/mol. The van der Waals surface area contributed by atoms with E-state index in [0.29, 0.717) is 5.95 Å². The third kappa shape index (κ3) is 2.29. The van der Waals surface area contributed by atoms with Crippen molar-refractivity contribution in [2.75, 3.05) is 11.4 Å². The average Bonchev–Trinajstić information content (AvgIpc) is 2.65. The predicted molar refractivity (Wildman–Crippen MR) is 59.4 cm³/mol. The van der Waals surface area contributed by atoms with Gasteiger partial charge in [-0.15, -0.1) is 0 Å². The number of anilines is 1. The second-order valence-electron chi connectivity index (χ2n) is 4.09. The maximum Gasteiger partial charge on any atom is 0.305 e. The number of aryl methyl sites for hydroxylation is 1. The molecule has 0 aliphatic carbocycles. The fraction of sp³-hybridized carbons (Fsp3) is 0.545. The molecular weight excluding hydrogens is 206 g/mol. The number of carboxylic acid groups (broad SMARTS) is 1. The third-order valence-corrected chi connectivity index (χ3v) is 2.83. The minimum absolute atomic E-state index is 0.0410. The summed E-state index contributed by atoms with van der Waals surface area (Å²) in [5, 5.41) is 8.83. The summed E-state index contributed by atoms with van der Waals surface area (Å²) in [5.74, 6) is -0.103. The molecule has 1 aromatic rings. The molecule has 1 fully saturated rings. The molecular formula is C11H15N3O2. The number of hydrogen-bond acceptors (Lipinski definition) is 4. The Labute approximate surface area is 94.1 Å². The molecule has 5 heteroatoms. The first-order chi connectivity index (χ1) is 7.66. The van der Waals surface area contributed by atoms with Crippen LogP contribution in [0, 0.1) is 6.92 Å². The Morgan fingerprint density at radius 2 is 2.50 bits per heavy atom. The summed E-state index contributed by atoms with van der Waals surface area (Å²) in [6.07, 6.45) is 3.80. The Morgan fingerprint density at radius 1 is 1.69 bits per heavy atom. The molecule has 1 unspecified atom stereocenters. The second kappa shape index (κ2) is 4.47. The van der Waals surface area contributed by atoms with Crippen LogP contribution in [0.25, 0.3) is 0 Å². The second-order valence-corrected chi connectivity index (χ2v) is 4.09. The largest absolute Gasteiger partial charge is 0.481 e. The van der Waals surface area contributed by atoms with Gasteiger partial charge < -0.3 is 10.0 Å². The first-order valence-electron chi connectivity index (χ1n) is 5.45. The van der Waals surface area contributed by atoms with Crippen LogP contribution in [0.15, 0.2) is 12.3 Å². The van der Waals surface area contributed by atoms with E-state index in [1.807, 2.05) is 17.9 Å². The number of carboxylic acids is 1. The number of hydrogen-bond donors (Lipinski definition) is 1. The van der Waals surface area contributed by atoms with Crippen molar-refractivity contribution in [2.24, 2.45) is 0 Å². The van der Waals surface area contributed by atoms with E-state index in [4.69, 9.17) is 5.11 Å². The highest BCUT2D eigenvalue weighted by molar-refractivity contribution is 5.68. The number of aromatic nitrogens is 2. The normalized spacial score (nSPS) is 20.1. The van der Waals surface area contributed by atoms with E-state index in [-0.39, 0.29) is 12.5 Å². The average molecular weight is 221 g/mol. The highest BCUT2D eigenvalue weighted by Crippen LogP contribution is 2.24. The van der Waals surface area contributed by atoms with Gasteiger partial charge in [-0.05, 0) is 25.8 Å². The molecule has 1 N–H and O–H groups in total. The van der Waals surface area contributed by atoms with Gasteiger partial charge in [0.2, 0.25) is 5.95 Å². The molecule has 0 spiro atoms. The van der Waals surface area contributed by atoms with E-state index in [0.717, 1.165) is 25.1 Å². The summed E-state index contributed by atoms with van der Waals surface area (Å²) < 4.78 is 0. The fourth-order valence-corrected chi connectivity index (χ4v) is 2.09. The minimum Gasteiger partial charge on any atom is -0.481 e. The molecule has 1 atom stereocenters. The molecule has 0 amide bonds. The van der Waals surface area contributed by atoms with Crippen LogP contribution in [0.4, 0.5) is 5.95 Å². The van der Waals surface area contributed by atoms with Gasteiger partial charge >= 0.3 is 5.97 Å². The van der Waals surface area contributed by atoms with Crippen LogP contribution in [0.1, 0.15) is 25.0 Å². The van der Waals surface area contributed by atoms with Crippen LogP contribution >= 0.6 is 0 Å². The van der Waals surface area contributed by atoms with E-state index in [1.54, 1.807) is 6.20 Å². The van der Waals surface area contributed by atoms with Crippen molar-refractivity contribution >= 4 is 11.9 Å². The van der Waals surface area contributed by atoms with Gasteiger partial charge in [0.1, 0.15) is 0 Å². The molecule has 5 nitrogen and oxygen atoms in total. The van der Waals surface area contributed by atoms with Gasteiger partial charge in [0.05, 0.1) is 6.42 Å². The third-order valence-electron chi connectivity index (χ3n) is 2.83. The van der Waals surface area contributed by atoms with Crippen LogP contribution in [0.5, 0.6) is 0 Å². The Bertz CT molecular complexity index is 395. The van der Waals surface area contributed by atoms with Gasteiger partial charge in [0.15, 0.2) is 0 Å². The van der Waals surface area contributed by atoms with Gasteiger partial charge in [0, 0.05) is 24.5 Å². The smallest absolute Gasteiger partial charge is 0.305 e. The highest BCUT2D eigenvalue weighted by atomic mass is 16.4. The topological polar surface area (TPSA) is 66.3 Å². The molecule has 2 rings (SSSR count). The standard InChI is InChI=1S/C11H15N3O2/c1-8-4-5-12-11(13-8)14-6-2-3-9(14)7-10(15)16/h4-5,9H,2-3,6-7H2,1H3,(H,15,16). The van der Waals surface area contributed by atoms with Crippen molar-refractivity contribution in [2.45, 2.75) is 32.2 Å². The zero-order valence-electron chi connectivity index (χ0n) is 9.26. The van der Waals surface area contributed by atoms with Crippen molar-refractivity contribution in [1.82, 2.24) is 9.97 Å². The van der Waals surface area contributed by atoms with Crippen molar-refractivity contribution < 1.29 is 9.90 Å². The summed E-state index contributed by atoms with van der Waals surface area (Å²) in [5.41, 5.74) is 0.908. The molecule has 16 heavy (non-hydrogen) atoms. The maximum absolute atomic E-state index is 10.7. The molecule has 1 saturated heterocycles. The summed E-state index contributed by atoms with van der Waals surface area (Å²) in [6.45, 7) is 2.76. The van der Waals surface area contributed by atoms with E-state index in [1.165, 1.54) is 0 Å². The first kappa shape index (κ1) is 10.9.